The number of pyridine rings is 1. The van der Waals surface area contributed by atoms with Crippen molar-refractivity contribution in [3.63, 3.8) is 0 Å². The molecule has 3 aromatic heterocycles. The van der Waals surface area contributed by atoms with E-state index in [-0.39, 0.29) is 0 Å². The predicted molar refractivity (Wildman–Crippen MR) is 232 cm³/mol. The molecule has 0 radical (unpaired) electrons. The van der Waals surface area contributed by atoms with Gasteiger partial charge >= 0.3 is 0 Å². The normalized spacial score (nSPS) is 11.3. The van der Waals surface area contributed by atoms with Crippen LogP contribution < -0.4 is 0 Å². The number of aryl methyl sites for hydroxylation is 2. The molecular formula is C52H36N4O. The minimum Gasteiger partial charge on any atom is -0.456 e. The third-order valence-corrected chi connectivity index (χ3v) is 10.6. The van der Waals surface area contributed by atoms with Crippen molar-refractivity contribution in [3.8, 4) is 78.7 Å². The van der Waals surface area contributed by atoms with Crippen LogP contribution in [0.2, 0.25) is 0 Å². The molecule has 0 N–H and O–H groups in total. The maximum atomic E-state index is 6.36. The Balaban J connectivity index is 1.26. The first-order valence-corrected chi connectivity index (χ1v) is 19.1. The van der Waals surface area contributed by atoms with Crippen molar-refractivity contribution in [3.05, 3.63) is 193 Å². The molecule has 270 valence electrons. The number of nitrogens with zero attached hydrogens (tertiary/aromatic N) is 4. The third-order valence-electron chi connectivity index (χ3n) is 10.6. The van der Waals surface area contributed by atoms with Gasteiger partial charge in [-0.3, -0.25) is 4.98 Å². The average Bonchev–Trinajstić information content (AvgIpc) is 3.65. The van der Waals surface area contributed by atoms with E-state index < -0.39 is 0 Å². The van der Waals surface area contributed by atoms with Gasteiger partial charge in [-0.05, 0) is 95.3 Å². The lowest BCUT2D eigenvalue weighted by Crippen LogP contribution is -2.03. The fraction of sp³-hybridized carbons (Fsp3) is 0.0385. The van der Waals surface area contributed by atoms with E-state index in [0.717, 1.165) is 94.5 Å². The highest BCUT2D eigenvalue weighted by Gasteiger charge is 2.22. The molecule has 5 heteroatoms. The van der Waals surface area contributed by atoms with Crippen LogP contribution in [-0.4, -0.2) is 19.9 Å². The molecule has 5 nitrogen and oxygen atoms in total. The van der Waals surface area contributed by atoms with Gasteiger partial charge in [0.25, 0.3) is 0 Å². The second-order valence-corrected chi connectivity index (χ2v) is 14.3. The summed E-state index contributed by atoms with van der Waals surface area (Å²) >= 11 is 0. The van der Waals surface area contributed by atoms with E-state index in [1.54, 1.807) is 0 Å². The maximum Gasteiger partial charge on any atom is 0.165 e. The Morgan fingerprint density at radius 1 is 0.333 bits per heavy atom. The lowest BCUT2D eigenvalue weighted by Gasteiger charge is -2.19. The highest BCUT2D eigenvalue weighted by Crippen LogP contribution is 2.43. The highest BCUT2D eigenvalue weighted by molar-refractivity contribution is 6.06. The molecule has 0 aliphatic heterocycles. The summed E-state index contributed by atoms with van der Waals surface area (Å²) in [5.41, 5.74) is 14.8. The van der Waals surface area contributed by atoms with Crippen LogP contribution in [0.15, 0.2) is 186 Å². The van der Waals surface area contributed by atoms with Gasteiger partial charge in [0.05, 0.1) is 0 Å². The van der Waals surface area contributed by atoms with Crippen molar-refractivity contribution >= 4 is 21.9 Å². The van der Waals surface area contributed by atoms with Gasteiger partial charge in [0.1, 0.15) is 11.2 Å². The number of benzene rings is 7. The maximum absolute atomic E-state index is 6.36. The zero-order valence-electron chi connectivity index (χ0n) is 31.5. The molecule has 0 fully saturated rings. The zero-order chi connectivity index (χ0) is 38.3. The lowest BCUT2D eigenvalue weighted by molar-refractivity contribution is 0.669. The van der Waals surface area contributed by atoms with Crippen LogP contribution in [0.5, 0.6) is 0 Å². The standard InChI is InChI=1S/C52H36N4O/c1-33-25-27-42(34(2)53-33)38-21-14-22-39(29-38)50-54-51(40-26-28-44-43-23-12-13-24-47(43)57-48(44)32-40)56-52(55-50)49-45(36-17-8-4-9-18-36)30-41(35-15-6-3-7-16-35)31-46(49)37-19-10-5-11-20-37/h3-32H,1-2H3. The molecule has 0 saturated heterocycles. The lowest BCUT2D eigenvalue weighted by atomic mass is 9.87. The van der Waals surface area contributed by atoms with Gasteiger partial charge in [-0.15, -0.1) is 0 Å². The molecule has 0 bridgehead atoms. The van der Waals surface area contributed by atoms with Crippen LogP contribution in [0.1, 0.15) is 11.4 Å². The molecule has 10 rings (SSSR count). The molecule has 57 heavy (non-hydrogen) atoms. The first-order valence-electron chi connectivity index (χ1n) is 19.1. The summed E-state index contributed by atoms with van der Waals surface area (Å²) in [5.74, 6) is 1.71. The number of fused-ring (bicyclic) bond motifs is 3. The van der Waals surface area contributed by atoms with E-state index in [9.17, 15) is 0 Å². The number of aromatic nitrogens is 4. The molecule has 0 atom stereocenters. The van der Waals surface area contributed by atoms with Crippen LogP contribution >= 0.6 is 0 Å². The number of hydrogen-bond acceptors (Lipinski definition) is 5. The fourth-order valence-electron chi connectivity index (χ4n) is 7.80. The summed E-state index contributed by atoms with van der Waals surface area (Å²) in [6.45, 7) is 4.07. The van der Waals surface area contributed by atoms with E-state index in [1.807, 2.05) is 43.3 Å². The number of rotatable bonds is 7. The molecule has 7 aromatic carbocycles. The van der Waals surface area contributed by atoms with Gasteiger partial charge in [-0.1, -0.05) is 140 Å². The molecule has 0 saturated carbocycles. The van der Waals surface area contributed by atoms with Gasteiger partial charge in [0.2, 0.25) is 0 Å². The monoisotopic (exact) mass is 732 g/mol. The summed E-state index contributed by atoms with van der Waals surface area (Å²) in [4.78, 5) is 20.7. The minimum absolute atomic E-state index is 0.557. The highest BCUT2D eigenvalue weighted by atomic mass is 16.3. The second-order valence-electron chi connectivity index (χ2n) is 14.3. The summed E-state index contributed by atoms with van der Waals surface area (Å²) in [7, 11) is 0. The van der Waals surface area contributed by atoms with E-state index in [1.165, 1.54) is 0 Å². The Morgan fingerprint density at radius 3 is 1.54 bits per heavy atom. The van der Waals surface area contributed by atoms with Crippen molar-refractivity contribution in [2.24, 2.45) is 0 Å². The Labute approximate surface area is 331 Å². The second kappa shape index (κ2) is 14.3. The number of hydrogen-bond donors (Lipinski definition) is 0. The molecule has 0 aliphatic rings. The van der Waals surface area contributed by atoms with E-state index in [2.05, 4.69) is 153 Å². The molecule has 0 unspecified atom stereocenters. The molecule has 0 aliphatic carbocycles. The van der Waals surface area contributed by atoms with E-state index in [4.69, 9.17) is 24.4 Å². The van der Waals surface area contributed by atoms with Gasteiger partial charge in [0, 0.05) is 44.4 Å². The van der Waals surface area contributed by atoms with Crippen LogP contribution in [0.3, 0.4) is 0 Å². The summed E-state index contributed by atoms with van der Waals surface area (Å²) in [5, 5.41) is 2.13. The van der Waals surface area contributed by atoms with Crippen LogP contribution in [0.4, 0.5) is 0 Å². The van der Waals surface area contributed by atoms with Gasteiger partial charge < -0.3 is 4.42 Å². The fourth-order valence-corrected chi connectivity index (χ4v) is 7.80. The third kappa shape index (κ3) is 6.45. The first-order chi connectivity index (χ1) is 28.1. The van der Waals surface area contributed by atoms with Crippen LogP contribution in [0, 0.1) is 13.8 Å². The van der Waals surface area contributed by atoms with Crippen molar-refractivity contribution in [2.45, 2.75) is 13.8 Å². The van der Waals surface area contributed by atoms with Gasteiger partial charge in [0.15, 0.2) is 17.5 Å². The van der Waals surface area contributed by atoms with Gasteiger partial charge in [-0.25, -0.2) is 15.0 Å². The van der Waals surface area contributed by atoms with Crippen molar-refractivity contribution in [1.29, 1.82) is 0 Å². The predicted octanol–water partition coefficient (Wildman–Crippen LogP) is 13.5. The minimum atomic E-state index is 0.557. The summed E-state index contributed by atoms with van der Waals surface area (Å²) < 4.78 is 6.36. The Bertz CT molecular complexity index is 3020. The van der Waals surface area contributed by atoms with Crippen molar-refractivity contribution in [2.75, 3.05) is 0 Å². The molecule has 0 spiro atoms. The average molecular weight is 733 g/mol. The zero-order valence-corrected chi connectivity index (χ0v) is 31.5. The SMILES string of the molecule is Cc1ccc(-c2cccc(-c3nc(-c4ccc5c(c4)oc4ccccc45)nc(-c4c(-c5ccccc5)cc(-c5ccccc5)cc4-c4ccccc4)n3)c2)c(C)n1. The summed E-state index contributed by atoms with van der Waals surface area (Å²) in [6, 6.07) is 63.1. The van der Waals surface area contributed by atoms with E-state index in [0.29, 0.717) is 17.5 Å². The molecule has 0 amide bonds. The molecule has 3 heterocycles. The Hall–Kier alpha value is -7.50. The Morgan fingerprint density at radius 2 is 0.877 bits per heavy atom. The van der Waals surface area contributed by atoms with E-state index >= 15 is 0 Å². The quantitative estimate of drug-likeness (QED) is 0.163. The molecular weight excluding hydrogens is 697 g/mol. The topological polar surface area (TPSA) is 64.7 Å². The molecule has 10 aromatic rings. The summed E-state index contributed by atoms with van der Waals surface area (Å²) in [6.07, 6.45) is 0. The largest absolute Gasteiger partial charge is 0.456 e. The van der Waals surface area contributed by atoms with Crippen LogP contribution in [-0.2, 0) is 0 Å². The first kappa shape index (κ1) is 34.0. The number of para-hydroxylation sites is 1. The Kier molecular flexibility index (Phi) is 8.53. The number of furan rings is 1. The van der Waals surface area contributed by atoms with Gasteiger partial charge in [-0.2, -0.15) is 0 Å². The van der Waals surface area contributed by atoms with Crippen molar-refractivity contribution < 1.29 is 4.42 Å². The smallest absolute Gasteiger partial charge is 0.165 e. The van der Waals surface area contributed by atoms with Crippen LogP contribution in [0.25, 0.3) is 101 Å². The van der Waals surface area contributed by atoms with Crippen molar-refractivity contribution in [1.82, 2.24) is 19.9 Å².